The van der Waals surface area contributed by atoms with Crippen molar-refractivity contribution in [2.75, 3.05) is 6.54 Å². The van der Waals surface area contributed by atoms with Crippen molar-refractivity contribution in [1.29, 1.82) is 0 Å². The fourth-order valence-electron chi connectivity index (χ4n) is 3.94. The number of aromatic hydroxyl groups is 2. The highest BCUT2D eigenvalue weighted by Gasteiger charge is 2.35. The van der Waals surface area contributed by atoms with E-state index < -0.39 is 76.5 Å². The molecule has 13 heteroatoms. The molecule has 2 aromatic rings. The van der Waals surface area contributed by atoms with E-state index in [0.29, 0.717) is 17.4 Å². The van der Waals surface area contributed by atoms with E-state index in [1.807, 2.05) is 5.32 Å². The van der Waals surface area contributed by atoms with Crippen LogP contribution in [0.2, 0.25) is 0 Å². The molecule has 5 N–H and O–H groups in total. The molecule has 1 aliphatic carbocycles. The molecule has 35 heavy (non-hydrogen) atoms. The third-order valence-electron chi connectivity index (χ3n) is 5.61. The second kappa shape index (κ2) is 10.1. The Morgan fingerprint density at radius 3 is 2.26 bits per heavy atom. The van der Waals surface area contributed by atoms with E-state index in [0.717, 1.165) is 31.0 Å². The van der Waals surface area contributed by atoms with Gasteiger partial charge in [-0.3, -0.25) is 23.7 Å². The van der Waals surface area contributed by atoms with Gasteiger partial charge in [0.1, 0.15) is 17.7 Å². The fourth-order valence-corrected chi connectivity index (χ4v) is 3.94. The SMILES string of the molecule is O=C(O)CNC(=O)c1c(O)c(C(=O)NC2CCCC2)c(=O)n(Cc2ccccc2C(F)(F)F)c1O. The largest absolute Gasteiger partial charge is 0.506 e. The van der Waals surface area contributed by atoms with Crippen molar-refractivity contribution in [3.8, 4) is 11.6 Å². The molecule has 0 aliphatic heterocycles. The second-order valence-corrected chi connectivity index (χ2v) is 8.00. The number of rotatable bonds is 7. The maximum absolute atomic E-state index is 13.5. The predicted octanol–water partition coefficient (Wildman–Crippen LogP) is 1.81. The average molecular weight is 497 g/mol. The number of hydrogen-bond acceptors (Lipinski definition) is 6. The molecular weight excluding hydrogens is 475 g/mol. The number of carbonyl (C=O) groups excluding carboxylic acids is 2. The third-order valence-corrected chi connectivity index (χ3v) is 5.61. The number of aliphatic carboxylic acids is 1. The normalized spacial score (nSPS) is 14.0. The summed E-state index contributed by atoms with van der Waals surface area (Å²) in [5.74, 6) is -6.35. The molecule has 188 valence electrons. The Kier molecular flexibility index (Phi) is 7.37. The number of amides is 2. The zero-order valence-corrected chi connectivity index (χ0v) is 18.2. The number of carboxylic acid groups (broad SMARTS) is 1. The summed E-state index contributed by atoms with van der Waals surface area (Å²) in [5, 5.41) is 34.4. The van der Waals surface area contributed by atoms with Crippen LogP contribution >= 0.6 is 0 Å². The van der Waals surface area contributed by atoms with Crippen LogP contribution in [0.3, 0.4) is 0 Å². The molecule has 0 saturated heterocycles. The first-order valence-corrected chi connectivity index (χ1v) is 10.6. The lowest BCUT2D eigenvalue weighted by Gasteiger charge is -2.19. The molecule has 3 rings (SSSR count). The minimum atomic E-state index is -4.81. The summed E-state index contributed by atoms with van der Waals surface area (Å²) in [5.41, 5.74) is -4.89. The van der Waals surface area contributed by atoms with E-state index in [2.05, 4.69) is 5.32 Å². The lowest BCUT2D eigenvalue weighted by atomic mass is 10.1. The Bertz CT molecular complexity index is 1220. The van der Waals surface area contributed by atoms with Gasteiger partial charge in [0.15, 0.2) is 5.75 Å². The highest BCUT2D eigenvalue weighted by atomic mass is 19.4. The number of carboxylic acids is 1. The minimum absolute atomic E-state index is 0.321. The number of carbonyl (C=O) groups is 3. The molecule has 10 nitrogen and oxygen atoms in total. The summed E-state index contributed by atoms with van der Waals surface area (Å²) in [7, 11) is 0. The van der Waals surface area contributed by atoms with Crippen molar-refractivity contribution in [2.45, 2.75) is 44.4 Å². The standard InChI is InChI=1S/C22H22F3N3O7/c23-22(24,25)13-8-4-1-5-11(13)10-28-20(34)15(18(32)26-9-14(29)30)17(31)16(21(28)35)19(33)27-12-6-2-3-7-12/h1,4-5,8,12,31,34H,2-3,6-7,9-10H2,(H,26,32)(H,27,33)(H,29,30). The topological polar surface area (TPSA) is 158 Å². The van der Waals surface area contributed by atoms with Crippen LogP contribution < -0.4 is 16.2 Å². The second-order valence-electron chi connectivity index (χ2n) is 8.00. The van der Waals surface area contributed by atoms with Crippen LogP contribution in [0.1, 0.15) is 57.5 Å². The van der Waals surface area contributed by atoms with Crippen molar-refractivity contribution in [3.05, 3.63) is 56.9 Å². The van der Waals surface area contributed by atoms with E-state index in [4.69, 9.17) is 5.11 Å². The maximum Gasteiger partial charge on any atom is 0.416 e. The number of aromatic nitrogens is 1. The molecule has 1 fully saturated rings. The summed E-state index contributed by atoms with van der Waals surface area (Å²) < 4.78 is 40.7. The van der Waals surface area contributed by atoms with Crippen molar-refractivity contribution in [2.24, 2.45) is 0 Å². The lowest BCUT2D eigenvalue weighted by molar-refractivity contribution is -0.138. The summed E-state index contributed by atoms with van der Waals surface area (Å²) in [6.07, 6.45) is -1.98. The van der Waals surface area contributed by atoms with Gasteiger partial charge in [-0.25, -0.2) is 0 Å². The van der Waals surface area contributed by atoms with Gasteiger partial charge in [-0.2, -0.15) is 13.2 Å². The summed E-state index contributed by atoms with van der Waals surface area (Å²) in [6, 6.07) is 3.87. The Morgan fingerprint density at radius 2 is 1.66 bits per heavy atom. The lowest BCUT2D eigenvalue weighted by Crippen LogP contribution is -2.39. The zero-order valence-electron chi connectivity index (χ0n) is 18.2. The Morgan fingerprint density at radius 1 is 1.03 bits per heavy atom. The minimum Gasteiger partial charge on any atom is -0.506 e. The highest BCUT2D eigenvalue weighted by molar-refractivity contribution is 6.05. The molecule has 1 aliphatic rings. The number of hydrogen-bond donors (Lipinski definition) is 5. The first kappa shape index (κ1) is 25.6. The molecule has 1 aromatic heterocycles. The zero-order chi connectivity index (χ0) is 25.9. The number of benzene rings is 1. The fraction of sp³-hybridized carbons (Fsp3) is 0.364. The van der Waals surface area contributed by atoms with E-state index >= 15 is 0 Å². The van der Waals surface area contributed by atoms with Crippen molar-refractivity contribution >= 4 is 17.8 Å². The number of pyridine rings is 1. The molecule has 1 heterocycles. The molecule has 2 amide bonds. The molecular formula is C22H22F3N3O7. The Hall–Kier alpha value is -4.03. The maximum atomic E-state index is 13.5. The average Bonchev–Trinajstić information content (AvgIpc) is 3.28. The van der Waals surface area contributed by atoms with E-state index in [1.165, 1.54) is 6.07 Å². The van der Waals surface area contributed by atoms with Gasteiger partial charge in [0, 0.05) is 6.04 Å². The van der Waals surface area contributed by atoms with Gasteiger partial charge in [0.05, 0.1) is 12.1 Å². The van der Waals surface area contributed by atoms with Gasteiger partial charge in [-0.1, -0.05) is 31.0 Å². The molecule has 0 bridgehead atoms. The van der Waals surface area contributed by atoms with Crippen LogP contribution in [-0.4, -0.2) is 50.3 Å². The molecule has 0 radical (unpaired) electrons. The Balaban J connectivity index is 2.16. The predicted molar refractivity (Wildman–Crippen MR) is 114 cm³/mol. The molecule has 0 spiro atoms. The number of halogens is 3. The molecule has 1 saturated carbocycles. The monoisotopic (exact) mass is 497 g/mol. The van der Waals surface area contributed by atoms with Gasteiger partial charge in [-0.05, 0) is 24.5 Å². The first-order chi connectivity index (χ1) is 16.4. The number of nitrogens with one attached hydrogen (secondary N) is 2. The summed E-state index contributed by atoms with van der Waals surface area (Å²) >= 11 is 0. The smallest absolute Gasteiger partial charge is 0.416 e. The van der Waals surface area contributed by atoms with Crippen molar-refractivity contribution in [1.82, 2.24) is 15.2 Å². The van der Waals surface area contributed by atoms with E-state index in [9.17, 15) is 42.6 Å². The highest BCUT2D eigenvalue weighted by Crippen LogP contribution is 2.34. The van der Waals surface area contributed by atoms with Crippen LogP contribution in [-0.2, 0) is 17.5 Å². The van der Waals surface area contributed by atoms with Crippen LogP contribution in [0, 0.1) is 0 Å². The van der Waals surface area contributed by atoms with Crippen LogP contribution in [0.5, 0.6) is 11.6 Å². The summed E-state index contributed by atoms with van der Waals surface area (Å²) in [4.78, 5) is 49.3. The van der Waals surface area contributed by atoms with Crippen LogP contribution in [0.4, 0.5) is 13.2 Å². The van der Waals surface area contributed by atoms with Gasteiger partial charge < -0.3 is 26.0 Å². The van der Waals surface area contributed by atoms with E-state index in [-0.39, 0.29) is 6.04 Å². The van der Waals surface area contributed by atoms with Gasteiger partial charge in [-0.15, -0.1) is 0 Å². The molecule has 0 unspecified atom stereocenters. The Labute approximate surface area is 196 Å². The van der Waals surface area contributed by atoms with Gasteiger partial charge in [0.25, 0.3) is 17.4 Å². The first-order valence-electron chi connectivity index (χ1n) is 10.6. The third kappa shape index (κ3) is 5.55. The van der Waals surface area contributed by atoms with E-state index in [1.54, 1.807) is 0 Å². The molecule has 0 atom stereocenters. The van der Waals surface area contributed by atoms with Crippen molar-refractivity contribution < 1.29 is 42.9 Å². The molecule has 1 aromatic carbocycles. The van der Waals surface area contributed by atoms with Crippen molar-refractivity contribution in [3.63, 3.8) is 0 Å². The van der Waals surface area contributed by atoms with Gasteiger partial charge in [0.2, 0.25) is 5.88 Å². The van der Waals surface area contributed by atoms with Crippen LogP contribution in [0.25, 0.3) is 0 Å². The van der Waals surface area contributed by atoms with Crippen LogP contribution in [0.15, 0.2) is 29.1 Å². The summed E-state index contributed by atoms with van der Waals surface area (Å²) in [6.45, 7) is -1.83. The van der Waals surface area contributed by atoms with Gasteiger partial charge >= 0.3 is 12.1 Å². The number of nitrogens with zero attached hydrogens (tertiary/aromatic N) is 1. The quantitative estimate of drug-likeness (QED) is 0.390. The number of alkyl halides is 3.